The topological polar surface area (TPSA) is 67.4 Å². The van der Waals surface area contributed by atoms with Crippen LogP contribution in [-0.4, -0.2) is 23.5 Å². The molecule has 1 atom stereocenters. The molecule has 0 aromatic heterocycles. The number of ether oxygens (including phenoxy) is 1. The molecule has 1 aromatic rings. The predicted octanol–water partition coefficient (Wildman–Crippen LogP) is 3.75. The minimum absolute atomic E-state index is 0.0515. The summed E-state index contributed by atoms with van der Waals surface area (Å²) in [4.78, 5) is 23.2. The van der Waals surface area contributed by atoms with Gasteiger partial charge in [-0.1, -0.05) is 17.7 Å². The number of hydrogen-bond donors (Lipinski definition) is 2. The number of Topliss-reactive ketones (excluding diaryl/α,β-unsaturated/α-hetero) is 1. The minimum atomic E-state index is -0.579. The van der Waals surface area contributed by atoms with E-state index in [9.17, 15) is 9.59 Å². The Kier molecular flexibility index (Phi) is 6.38. The van der Waals surface area contributed by atoms with E-state index in [1.807, 2.05) is 0 Å². The Morgan fingerprint density at radius 2 is 1.95 bits per heavy atom. The van der Waals surface area contributed by atoms with Gasteiger partial charge in [0.2, 0.25) is 0 Å². The first kappa shape index (κ1) is 18.5. The van der Waals surface area contributed by atoms with Crippen molar-refractivity contribution < 1.29 is 14.3 Å². The van der Waals surface area contributed by atoms with Crippen molar-refractivity contribution in [3.8, 4) is 0 Å². The average Bonchev–Trinajstić information content (AvgIpc) is 2.34. The monoisotopic (exact) mass is 326 g/mol. The van der Waals surface area contributed by atoms with E-state index in [1.165, 1.54) is 6.92 Å². The summed E-state index contributed by atoms with van der Waals surface area (Å²) >= 11 is 5.98. The molecule has 0 heterocycles. The van der Waals surface area contributed by atoms with Crippen molar-refractivity contribution in [3.05, 3.63) is 28.8 Å². The minimum Gasteiger partial charge on any atom is -0.444 e. The second kappa shape index (κ2) is 7.61. The lowest BCUT2D eigenvalue weighted by atomic mass is 10.1. The third-order valence-electron chi connectivity index (χ3n) is 2.92. The Balaban J connectivity index is 2.82. The average molecular weight is 327 g/mol. The number of carbonyl (C=O) groups is 2. The zero-order valence-electron chi connectivity index (χ0n) is 13.6. The number of amides is 1. The number of ketones is 1. The summed E-state index contributed by atoms with van der Waals surface area (Å²) in [5, 5.41) is 6.29. The number of hydrogen-bond acceptors (Lipinski definition) is 4. The predicted molar refractivity (Wildman–Crippen MR) is 88.3 cm³/mol. The molecule has 1 amide bonds. The van der Waals surface area contributed by atoms with Crippen molar-refractivity contribution in [2.24, 2.45) is 0 Å². The van der Waals surface area contributed by atoms with Crippen molar-refractivity contribution >= 4 is 29.2 Å². The van der Waals surface area contributed by atoms with Gasteiger partial charge < -0.3 is 10.1 Å². The van der Waals surface area contributed by atoms with Crippen molar-refractivity contribution in [2.75, 3.05) is 5.32 Å². The molecule has 0 aliphatic rings. The Bertz CT molecular complexity index is 553. The van der Waals surface area contributed by atoms with Crippen LogP contribution >= 0.6 is 11.6 Å². The third-order valence-corrected chi connectivity index (χ3v) is 3.15. The van der Waals surface area contributed by atoms with Gasteiger partial charge in [-0.15, -0.1) is 0 Å². The third kappa shape index (κ3) is 6.45. The van der Waals surface area contributed by atoms with E-state index in [4.69, 9.17) is 16.3 Å². The van der Waals surface area contributed by atoms with Crippen LogP contribution in [0.3, 0.4) is 0 Å². The van der Waals surface area contributed by atoms with Crippen LogP contribution in [0.25, 0.3) is 0 Å². The largest absolute Gasteiger partial charge is 0.444 e. The highest BCUT2D eigenvalue weighted by atomic mass is 35.5. The lowest BCUT2D eigenvalue weighted by Crippen LogP contribution is -2.32. The van der Waals surface area contributed by atoms with E-state index >= 15 is 0 Å². The molecule has 0 aliphatic heterocycles. The molecule has 0 fully saturated rings. The van der Waals surface area contributed by atoms with E-state index in [1.54, 1.807) is 45.9 Å². The number of nitrogens with one attached hydrogen (secondary N) is 2. The van der Waals surface area contributed by atoms with Gasteiger partial charge in [0.25, 0.3) is 0 Å². The molecule has 0 saturated heterocycles. The molecule has 0 saturated carbocycles. The smallest absolute Gasteiger partial charge is 0.412 e. The van der Waals surface area contributed by atoms with Crippen molar-refractivity contribution in [2.45, 2.75) is 52.8 Å². The standard InChI is InChI=1S/C16H23ClN2O3/c1-10(11(2)20)18-9-12-6-7-13(17)8-14(12)19-15(21)22-16(3,4)5/h6-8,10,18H,9H2,1-5H3,(H,19,21). The van der Waals surface area contributed by atoms with E-state index in [0.29, 0.717) is 17.3 Å². The first-order chi connectivity index (χ1) is 10.1. The maximum Gasteiger partial charge on any atom is 0.412 e. The molecule has 0 bridgehead atoms. The van der Waals surface area contributed by atoms with Crippen LogP contribution in [0.1, 0.15) is 40.2 Å². The second-order valence-corrected chi connectivity index (χ2v) is 6.58. The fraction of sp³-hybridized carbons (Fsp3) is 0.500. The van der Waals surface area contributed by atoms with E-state index < -0.39 is 11.7 Å². The highest BCUT2D eigenvalue weighted by molar-refractivity contribution is 6.31. The fourth-order valence-corrected chi connectivity index (χ4v) is 1.81. The Hall–Kier alpha value is -1.59. The zero-order chi connectivity index (χ0) is 16.9. The molecule has 1 rings (SSSR count). The number of halogens is 1. The number of benzene rings is 1. The van der Waals surface area contributed by atoms with Gasteiger partial charge in [0.1, 0.15) is 11.4 Å². The van der Waals surface area contributed by atoms with Crippen LogP contribution < -0.4 is 10.6 Å². The lowest BCUT2D eigenvalue weighted by molar-refractivity contribution is -0.118. The van der Waals surface area contributed by atoms with E-state index in [2.05, 4.69) is 10.6 Å². The molecule has 2 N–H and O–H groups in total. The summed E-state index contributed by atoms with van der Waals surface area (Å²) in [6.45, 7) is 9.13. The van der Waals surface area contributed by atoms with E-state index in [0.717, 1.165) is 5.56 Å². The van der Waals surface area contributed by atoms with Gasteiger partial charge in [0.05, 0.1) is 6.04 Å². The van der Waals surface area contributed by atoms with Crippen molar-refractivity contribution in [1.29, 1.82) is 0 Å². The SMILES string of the molecule is CC(=O)C(C)NCc1ccc(Cl)cc1NC(=O)OC(C)(C)C. The highest BCUT2D eigenvalue weighted by Crippen LogP contribution is 2.22. The molecular formula is C16H23ClN2O3. The van der Waals surface area contributed by atoms with Crippen LogP contribution in [0.4, 0.5) is 10.5 Å². The number of anilines is 1. The van der Waals surface area contributed by atoms with Crippen LogP contribution in [0, 0.1) is 0 Å². The first-order valence-electron chi connectivity index (χ1n) is 7.11. The molecule has 1 aromatic carbocycles. The van der Waals surface area contributed by atoms with Gasteiger partial charge in [-0.25, -0.2) is 4.79 Å². The van der Waals surface area contributed by atoms with Crippen molar-refractivity contribution in [3.63, 3.8) is 0 Å². The summed E-state index contributed by atoms with van der Waals surface area (Å²) in [6, 6.07) is 4.93. The summed E-state index contributed by atoms with van der Waals surface area (Å²) in [7, 11) is 0. The molecular weight excluding hydrogens is 304 g/mol. The lowest BCUT2D eigenvalue weighted by Gasteiger charge is -2.21. The zero-order valence-corrected chi connectivity index (χ0v) is 14.4. The Morgan fingerprint density at radius 1 is 1.32 bits per heavy atom. The van der Waals surface area contributed by atoms with Crippen LogP contribution in [-0.2, 0) is 16.1 Å². The van der Waals surface area contributed by atoms with Gasteiger partial charge in [0.15, 0.2) is 0 Å². The Labute approximate surface area is 136 Å². The molecule has 22 heavy (non-hydrogen) atoms. The van der Waals surface area contributed by atoms with Crippen LogP contribution in [0.15, 0.2) is 18.2 Å². The van der Waals surface area contributed by atoms with Gasteiger partial charge >= 0.3 is 6.09 Å². The number of rotatable bonds is 5. The fourth-order valence-electron chi connectivity index (χ4n) is 1.64. The first-order valence-corrected chi connectivity index (χ1v) is 7.48. The summed E-state index contributed by atoms with van der Waals surface area (Å²) in [5.74, 6) is 0.0515. The summed E-state index contributed by atoms with van der Waals surface area (Å²) in [5.41, 5.74) is 0.804. The number of carbonyl (C=O) groups excluding carboxylic acids is 2. The van der Waals surface area contributed by atoms with Crippen molar-refractivity contribution in [1.82, 2.24) is 5.32 Å². The molecule has 0 radical (unpaired) electrons. The molecule has 0 spiro atoms. The summed E-state index contributed by atoms with van der Waals surface area (Å²) < 4.78 is 5.23. The Morgan fingerprint density at radius 3 is 2.50 bits per heavy atom. The maximum absolute atomic E-state index is 11.9. The summed E-state index contributed by atoms with van der Waals surface area (Å²) in [6.07, 6.45) is -0.546. The highest BCUT2D eigenvalue weighted by Gasteiger charge is 2.17. The molecule has 5 nitrogen and oxygen atoms in total. The van der Waals surface area contributed by atoms with Gasteiger partial charge in [-0.3, -0.25) is 10.1 Å². The maximum atomic E-state index is 11.9. The second-order valence-electron chi connectivity index (χ2n) is 6.14. The van der Waals surface area contributed by atoms with Gasteiger partial charge in [0, 0.05) is 17.3 Å². The molecule has 122 valence electrons. The van der Waals surface area contributed by atoms with E-state index in [-0.39, 0.29) is 11.8 Å². The van der Waals surface area contributed by atoms with Gasteiger partial charge in [-0.05, 0) is 52.3 Å². The molecule has 6 heteroatoms. The molecule has 1 unspecified atom stereocenters. The quantitative estimate of drug-likeness (QED) is 0.864. The van der Waals surface area contributed by atoms with Gasteiger partial charge in [-0.2, -0.15) is 0 Å². The normalized spacial score (nSPS) is 12.6. The van der Waals surface area contributed by atoms with Crippen LogP contribution in [0.5, 0.6) is 0 Å². The van der Waals surface area contributed by atoms with Crippen LogP contribution in [0.2, 0.25) is 5.02 Å². The molecule has 0 aliphatic carbocycles.